The van der Waals surface area contributed by atoms with Crippen molar-refractivity contribution in [3.8, 4) is 5.75 Å². The molecule has 0 aliphatic carbocycles. The first-order valence-electron chi connectivity index (χ1n) is 6.15. The zero-order chi connectivity index (χ0) is 15.0. The van der Waals surface area contributed by atoms with E-state index < -0.39 is 8.69 Å². The van der Waals surface area contributed by atoms with Crippen LogP contribution in [0.15, 0.2) is 42.5 Å². The van der Waals surface area contributed by atoms with Crippen LogP contribution in [0.2, 0.25) is 0 Å². The Bertz CT molecular complexity index is 544. The molecule has 20 heavy (non-hydrogen) atoms. The van der Waals surface area contributed by atoms with Crippen LogP contribution in [0.4, 0.5) is 0 Å². The second kappa shape index (κ2) is 8.23. The zero-order valence-corrected chi connectivity index (χ0v) is 12.7. The number of carbonyl (C=O) groups is 1. The topological polar surface area (TPSA) is 43.4 Å². The highest BCUT2D eigenvalue weighted by Gasteiger charge is 1.99. The van der Waals surface area contributed by atoms with Crippen LogP contribution in [0.25, 0.3) is 0 Å². The molecular formula is C16H17O3P. The summed E-state index contributed by atoms with van der Waals surface area (Å²) in [6.45, 7) is 6.38. The van der Waals surface area contributed by atoms with E-state index in [0.29, 0.717) is 17.6 Å². The van der Waals surface area contributed by atoms with Gasteiger partial charge in [-0.25, -0.2) is 4.57 Å². The van der Waals surface area contributed by atoms with Gasteiger partial charge >= 0.3 is 8.69 Å². The molecule has 0 radical (unpaired) electrons. The maximum Gasteiger partial charge on any atom is 0.395 e. The van der Waals surface area contributed by atoms with Crippen LogP contribution in [-0.4, -0.2) is 6.29 Å². The molecule has 104 valence electrons. The Morgan fingerprint density at radius 1 is 0.950 bits per heavy atom. The SMILES string of the molecule is Cc1cc(C)cc(C)c1.O=Cc1ccccc1OP=O. The van der Waals surface area contributed by atoms with E-state index in [0.717, 1.165) is 0 Å². The maximum atomic E-state index is 10.3. The highest BCUT2D eigenvalue weighted by Crippen LogP contribution is 2.18. The zero-order valence-electron chi connectivity index (χ0n) is 11.8. The first-order chi connectivity index (χ1) is 9.56. The number of carbonyl (C=O) groups excluding carboxylic acids is 1. The Labute approximate surface area is 120 Å². The van der Waals surface area contributed by atoms with Gasteiger partial charge < -0.3 is 4.52 Å². The lowest BCUT2D eigenvalue weighted by Gasteiger charge is -1.97. The van der Waals surface area contributed by atoms with Crippen molar-refractivity contribution in [1.82, 2.24) is 0 Å². The fraction of sp³-hybridized carbons (Fsp3) is 0.188. The molecule has 0 N–H and O–H groups in total. The first kappa shape index (κ1) is 16.1. The van der Waals surface area contributed by atoms with Gasteiger partial charge in [0.05, 0.1) is 5.56 Å². The molecule has 0 unspecified atom stereocenters. The second-order valence-electron chi connectivity index (χ2n) is 4.49. The van der Waals surface area contributed by atoms with Crippen molar-refractivity contribution in [2.45, 2.75) is 20.8 Å². The first-order valence-corrected chi connectivity index (χ1v) is 6.88. The minimum atomic E-state index is -0.449. The average Bonchev–Trinajstić information content (AvgIpc) is 2.39. The van der Waals surface area contributed by atoms with E-state index in [-0.39, 0.29) is 0 Å². The Morgan fingerprint density at radius 3 is 1.90 bits per heavy atom. The van der Waals surface area contributed by atoms with Crippen molar-refractivity contribution in [2.24, 2.45) is 0 Å². The molecule has 0 atom stereocenters. The van der Waals surface area contributed by atoms with Crippen LogP contribution in [0.1, 0.15) is 27.0 Å². The average molecular weight is 288 g/mol. The van der Waals surface area contributed by atoms with E-state index in [9.17, 15) is 9.36 Å². The largest absolute Gasteiger partial charge is 0.407 e. The minimum Gasteiger partial charge on any atom is -0.407 e. The summed E-state index contributed by atoms with van der Waals surface area (Å²) in [6, 6.07) is 13.1. The molecule has 0 aliphatic heterocycles. The van der Waals surface area contributed by atoms with E-state index in [1.807, 2.05) is 0 Å². The number of para-hydroxylation sites is 1. The lowest BCUT2D eigenvalue weighted by atomic mass is 10.1. The minimum absolute atomic E-state index is 0.333. The van der Waals surface area contributed by atoms with Gasteiger partial charge in [0.25, 0.3) is 0 Å². The molecule has 0 saturated heterocycles. The Hall–Kier alpha value is -1.99. The normalized spacial score (nSPS) is 9.55. The molecule has 4 heteroatoms. The van der Waals surface area contributed by atoms with Gasteiger partial charge in [0.1, 0.15) is 5.75 Å². The highest BCUT2D eigenvalue weighted by atomic mass is 31.1. The van der Waals surface area contributed by atoms with Crippen molar-refractivity contribution in [2.75, 3.05) is 0 Å². The van der Waals surface area contributed by atoms with Crippen LogP contribution in [0.3, 0.4) is 0 Å². The second-order valence-corrected chi connectivity index (χ2v) is 4.82. The predicted octanol–water partition coefficient (Wildman–Crippen LogP) is 4.70. The maximum absolute atomic E-state index is 10.3. The van der Waals surface area contributed by atoms with Crippen LogP contribution < -0.4 is 4.52 Å². The molecule has 0 bridgehead atoms. The van der Waals surface area contributed by atoms with E-state index in [4.69, 9.17) is 0 Å². The van der Waals surface area contributed by atoms with Gasteiger partial charge in [-0.05, 0) is 32.9 Å². The Morgan fingerprint density at radius 2 is 1.45 bits per heavy atom. The molecule has 2 aromatic rings. The third-order valence-electron chi connectivity index (χ3n) is 2.55. The van der Waals surface area contributed by atoms with Gasteiger partial charge in [-0.15, -0.1) is 0 Å². The molecule has 2 rings (SSSR count). The van der Waals surface area contributed by atoms with Crippen molar-refractivity contribution >= 4 is 15.0 Å². The number of benzene rings is 2. The van der Waals surface area contributed by atoms with Gasteiger partial charge in [0, 0.05) is 0 Å². The summed E-state index contributed by atoms with van der Waals surface area (Å²) in [7, 11) is -0.449. The fourth-order valence-electron chi connectivity index (χ4n) is 1.90. The molecule has 0 aliphatic rings. The van der Waals surface area contributed by atoms with Crippen molar-refractivity contribution < 1.29 is 13.9 Å². The van der Waals surface area contributed by atoms with Crippen molar-refractivity contribution in [3.05, 3.63) is 64.7 Å². The molecule has 3 nitrogen and oxygen atoms in total. The van der Waals surface area contributed by atoms with Crippen molar-refractivity contribution in [1.29, 1.82) is 0 Å². The molecule has 0 heterocycles. The molecule has 0 saturated carbocycles. The lowest BCUT2D eigenvalue weighted by Crippen LogP contribution is -1.83. The quantitative estimate of drug-likeness (QED) is 0.607. The monoisotopic (exact) mass is 288 g/mol. The summed E-state index contributed by atoms with van der Waals surface area (Å²) in [5, 5.41) is 0. The molecule has 0 aromatic heterocycles. The molecule has 0 fully saturated rings. The van der Waals surface area contributed by atoms with E-state index in [2.05, 4.69) is 43.5 Å². The van der Waals surface area contributed by atoms with Crippen LogP contribution >= 0.6 is 8.69 Å². The smallest absolute Gasteiger partial charge is 0.395 e. The predicted molar refractivity (Wildman–Crippen MR) is 80.7 cm³/mol. The van der Waals surface area contributed by atoms with E-state index >= 15 is 0 Å². The van der Waals surface area contributed by atoms with E-state index in [1.165, 1.54) is 16.7 Å². The van der Waals surface area contributed by atoms with Gasteiger partial charge in [-0.2, -0.15) is 0 Å². The number of aldehydes is 1. The number of hydrogen-bond acceptors (Lipinski definition) is 3. The number of aryl methyl sites for hydroxylation is 3. The van der Waals surface area contributed by atoms with Crippen LogP contribution in [0.5, 0.6) is 5.75 Å². The van der Waals surface area contributed by atoms with Gasteiger partial charge in [0.2, 0.25) is 0 Å². The van der Waals surface area contributed by atoms with Crippen molar-refractivity contribution in [3.63, 3.8) is 0 Å². The molecular weight excluding hydrogens is 271 g/mol. The summed E-state index contributed by atoms with van der Waals surface area (Å²) in [5.74, 6) is 0.333. The third kappa shape index (κ3) is 5.33. The summed E-state index contributed by atoms with van der Waals surface area (Å²) < 4.78 is 14.6. The molecule has 0 spiro atoms. The van der Waals surface area contributed by atoms with Crippen LogP contribution in [-0.2, 0) is 4.57 Å². The van der Waals surface area contributed by atoms with Gasteiger partial charge in [-0.3, -0.25) is 4.79 Å². The summed E-state index contributed by atoms with van der Waals surface area (Å²) >= 11 is 0. The Balaban J connectivity index is 0.000000204. The van der Waals surface area contributed by atoms with Crippen LogP contribution in [0, 0.1) is 20.8 Å². The Kier molecular flexibility index (Phi) is 6.61. The van der Waals surface area contributed by atoms with E-state index in [1.54, 1.807) is 24.3 Å². The third-order valence-corrected chi connectivity index (χ3v) is 2.82. The number of hydrogen-bond donors (Lipinski definition) is 0. The summed E-state index contributed by atoms with van der Waals surface area (Å²) in [5.41, 5.74) is 4.46. The number of rotatable bonds is 3. The highest BCUT2D eigenvalue weighted by molar-refractivity contribution is 7.17. The standard InChI is InChI=1S/C9H12.C7H5O3P/c1-7-4-8(2)6-9(3)5-7;8-5-6-3-1-2-4-7(6)10-11-9/h4-6H,1-3H3;1-5H. The molecule has 2 aromatic carbocycles. The molecule has 0 amide bonds. The lowest BCUT2D eigenvalue weighted by molar-refractivity contribution is 0.112. The summed E-state index contributed by atoms with van der Waals surface area (Å²) in [6.07, 6.45) is 0.653. The fourth-order valence-corrected chi connectivity index (χ4v) is 2.15. The summed E-state index contributed by atoms with van der Waals surface area (Å²) in [4.78, 5) is 10.3. The van der Waals surface area contributed by atoms with Gasteiger partial charge in [-0.1, -0.05) is 47.0 Å². The van der Waals surface area contributed by atoms with Gasteiger partial charge in [0.15, 0.2) is 6.29 Å².